The second-order valence-electron chi connectivity index (χ2n) is 7.00. The highest BCUT2D eigenvalue weighted by atomic mass is 127. The van der Waals surface area contributed by atoms with E-state index in [-0.39, 0.29) is 11.9 Å². The van der Waals surface area contributed by atoms with E-state index in [0.717, 1.165) is 52.2 Å². The predicted molar refractivity (Wildman–Crippen MR) is 124 cm³/mol. The quantitative estimate of drug-likeness (QED) is 0.346. The standard InChI is InChI=1S/C17H16FI2N6OP/c18-9-1-2-10-11(7-9)27-17(14(10)21)3-5-25(6-4-17)12-8-22-13-15(19)24-26(28-20)16(13)23-12/h1-2,7-8,14,28H,3-6,21H2/t14-/m1/s1. The fourth-order valence-corrected chi connectivity index (χ4v) is 6.19. The van der Waals surface area contributed by atoms with Crippen molar-refractivity contribution < 1.29 is 9.13 Å². The van der Waals surface area contributed by atoms with Gasteiger partial charge in [-0.15, -0.1) is 0 Å². The SMILES string of the molecule is N[C@@H]1c2ccc(F)cc2OC12CCN(c1cnc3c(I)nn(PI)c3n1)CC2. The Morgan fingerprint density at radius 2 is 2.11 bits per heavy atom. The van der Waals surface area contributed by atoms with E-state index in [1.165, 1.54) is 12.1 Å². The van der Waals surface area contributed by atoms with E-state index in [9.17, 15) is 4.39 Å². The first kappa shape index (κ1) is 19.1. The number of anilines is 1. The maximum Gasteiger partial charge on any atom is 0.183 e. The van der Waals surface area contributed by atoms with Crippen molar-refractivity contribution in [1.29, 1.82) is 0 Å². The molecule has 0 amide bonds. The summed E-state index contributed by atoms with van der Waals surface area (Å²) in [5.41, 5.74) is 8.55. The lowest BCUT2D eigenvalue weighted by molar-refractivity contribution is 0.0429. The maximum atomic E-state index is 13.6. The van der Waals surface area contributed by atoms with Crippen LogP contribution in [0.2, 0.25) is 0 Å². The van der Waals surface area contributed by atoms with E-state index < -0.39 is 5.60 Å². The summed E-state index contributed by atoms with van der Waals surface area (Å²) in [7, 11) is 0. The molecule has 1 spiro atoms. The van der Waals surface area contributed by atoms with Gasteiger partial charge in [0.25, 0.3) is 0 Å². The van der Waals surface area contributed by atoms with Gasteiger partial charge in [0.2, 0.25) is 0 Å². The minimum atomic E-state index is -0.481. The summed E-state index contributed by atoms with van der Waals surface area (Å²) in [6.07, 6.45) is 3.77. The molecule has 2 N–H and O–H groups in total. The van der Waals surface area contributed by atoms with E-state index in [2.05, 4.69) is 59.6 Å². The Morgan fingerprint density at radius 3 is 2.86 bits per heavy atom. The monoisotopic (exact) mass is 624 g/mol. The Hall–Kier alpha value is -0.850. The van der Waals surface area contributed by atoms with E-state index in [1.54, 1.807) is 6.07 Å². The summed E-state index contributed by atoms with van der Waals surface area (Å²) >= 11 is 4.48. The number of hydrogen-bond acceptors (Lipinski definition) is 6. The molecule has 3 aromatic rings. The number of rotatable bonds is 2. The van der Waals surface area contributed by atoms with Crippen molar-refractivity contribution in [3.05, 3.63) is 39.5 Å². The third-order valence-corrected chi connectivity index (χ3v) is 8.10. The molecule has 7 nitrogen and oxygen atoms in total. The molecule has 0 saturated carbocycles. The molecule has 2 aliphatic heterocycles. The van der Waals surface area contributed by atoms with Crippen molar-refractivity contribution in [3.63, 3.8) is 0 Å². The Bertz CT molecular complexity index is 1070. The zero-order chi connectivity index (χ0) is 19.5. The summed E-state index contributed by atoms with van der Waals surface area (Å²) in [4.78, 5) is 11.6. The summed E-state index contributed by atoms with van der Waals surface area (Å²) in [6.45, 7) is 1.50. The fraction of sp³-hybridized carbons (Fsp3) is 0.353. The largest absolute Gasteiger partial charge is 0.485 e. The van der Waals surface area contributed by atoms with Crippen LogP contribution >= 0.6 is 51.0 Å². The van der Waals surface area contributed by atoms with Gasteiger partial charge >= 0.3 is 0 Å². The number of piperidine rings is 1. The average Bonchev–Trinajstić information content (AvgIpc) is 3.16. The molecule has 0 bridgehead atoms. The van der Waals surface area contributed by atoms with Crippen LogP contribution in [0.15, 0.2) is 24.4 Å². The van der Waals surface area contributed by atoms with Gasteiger partial charge in [0.15, 0.2) is 9.35 Å². The Morgan fingerprint density at radius 1 is 1.32 bits per heavy atom. The highest BCUT2D eigenvalue weighted by Gasteiger charge is 2.48. The number of aromatic nitrogens is 4. The zero-order valence-electron chi connectivity index (χ0n) is 14.6. The van der Waals surface area contributed by atoms with E-state index >= 15 is 0 Å². The van der Waals surface area contributed by atoms with E-state index in [4.69, 9.17) is 15.5 Å². The minimum Gasteiger partial charge on any atom is -0.485 e. The molecule has 28 heavy (non-hydrogen) atoms. The summed E-state index contributed by atoms with van der Waals surface area (Å²) in [5.74, 6) is 1.11. The Balaban J connectivity index is 1.39. The molecule has 11 heteroatoms. The van der Waals surface area contributed by atoms with E-state index in [0.29, 0.717) is 12.1 Å². The molecule has 2 aliphatic rings. The second-order valence-corrected chi connectivity index (χ2v) is 10.1. The molecule has 2 aromatic heterocycles. The van der Waals surface area contributed by atoms with Crippen LogP contribution in [0.3, 0.4) is 0 Å². The van der Waals surface area contributed by atoms with Crippen LogP contribution in [-0.4, -0.2) is 38.2 Å². The summed E-state index contributed by atoms with van der Waals surface area (Å²) in [6, 6.07) is 4.37. The number of halogens is 3. The van der Waals surface area contributed by atoms with Gasteiger partial charge in [-0.25, -0.2) is 18.8 Å². The molecular weight excluding hydrogens is 608 g/mol. The van der Waals surface area contributed by atoms with Gasteiger partial charge in [0.1, 0.15) is 28.5 Å². The number of benzene rings is 1. The van der Waals surface area contributed by atoms with Crippen LogP contribution in [-0.2, 0) is 0 Å². The molecule has 0 aliphatic carbocycles. The van der Waals surface area contributed by atoms with Crippen LogP contribution in [0, 0.1) is 9.52 Å². The highest BCUT2D eigenvalue weighted by Crippen LogP contribution is 2.47. The van der Waals surface area contributed by atoms with Gasteiger partial charge in [-0.1, -0.05) is 6.07 Å². The molecule has 2 atom stereocenters. The van der Waals surface area contributed by atoms with Gasteiger partial charge in [-0.2, -0.15) is 5.10 Å². The van der Waals surface area contributed by atoms with Gasteiger partial charge in [-0.3, -0.25) is 0 Å². The number of nitrogens with zero attached hydrogens (tertiary/aromatic N) is 5. The first-order valence-corrected chi connectivity index (χ1v) is 13.9. The number of nitrogens with two attached hydrogens (primary N) is 1. The lowest BCUT2D eigenvalue weighted by Gasteiger charge is -2.41. The predicted octanol–water partition coefficient (Wildman–Crippen LogP) is 3.79. The second kappa shape index (κ2) is 7.13. The third-order valence-electron chi connectivity index (χ3n) is 5.53. The fourth-order valence-electron chi connectivity index (χ4n) is 4.00. The Labute approximate surface area is 189 Å². The summed E-state index contributed by atoms with van der Waals surface area (Å²) < 4.78 is 22.5. The maximum absolute atomic E-state index is 13.6. The molecule has 1 aromatic carbocycles. The number of fused-ring (bicyclic) bond motifs is 2. The van der Waals surface area contributed by atoms with Crippen molar-refractivity contribution >= 4 is 68.0 Å². The first-order valence-electron chi connectivity index (χ1n) is 8.78. The normalized spacial score (nSPS) is 21.0. The first-order chi connectivity index (χ1) is 13.5. The Kier molecular flexibility index (Phi) is 4.88. The van der Waals surface area contributed by atoms with Gasteiger partial charge in [0, 0.05) is 37.6 Å². The topological polar surface area (TPSA) is 82.1 Å². The third kappa shape index (κ3) is 2.98. The van der Waals surface area contributed by atoms with Crippen LogP contribution < -0.4 is 15.4 Å². The molecule has 5 rings (SSSR count). The van der Waals surface area contributed by atoms with Gasteiger partial charge in [0.05, 0.1) is 18.6 Å². The molecule has 1 fully saturated rings. The molecule has 1 unspecified atom stereocenters. The van der Waals surface area contributed by atoms with E-state index in [1.807, 2.05) is 10.6 Å². The van der Waals surface area contributed by atoms with Crippen molar-refractivity contribution in [2.24, 2.45) is 5.73 Å². The van der Waals surface area contributed by atoms with Gasteiger partial charge in [-0.05, 0) is 50.7 Å². The average molecular weight is 624 g/mol. The van der Waals surface area contributed by atoms with Crippen LogP contribution in [0.4, 0.5) is 10.2 Å². The molecule has 1 saturated heterocycles. The molecular formula is C17H16FI2N6OP. The number of hydrogen-bond donors (Lipinski definition) is 1. The van der Waals surface area contributed by atoms with Crippen molar-refractivity contribution in [2.45, 2.75) is 24.5 Å². The molecule has 4 heterocycles. The number of ether oxygens (including phenoxy) is 1. The smallest absolute Gasteiger partial charge is 0.183 e. The van der Waals surface area contributed by atoms with Gasteiger partial charge < -0.3 is 15.4 Å². The lowest BCUT2D eigenvalue weighted by Crippen LogP contribution is -2.51. The summed E-state index contributed by atoms with van der Waals surface area (Å²) in [5, 5.41) is 4.49. The lowest BCUT2D eigenvalue weighted by atomic mass is 9.83. The highest BCUT2D eigenvalue weighted by molar-refractivity contribution is 14.2. The van der Waals surface area contributed by atoms with Crippen molar-refractivity contribution in [3.8, 4) is 5.75 Å². The zero-order valence-corrected chi connectivity index (χ0v) is 19.9. The van der Waals surface area contributed by atoms with Crippen molar-refractivity contribution in [1.82, 2.24) is 19.5 Å². The van der Waals surface area contributed by atoms with Crippen LogP contribution in [0.5, 0.6) is 5.75 Å². The minimum absolute atomic E-state index is 0.248. The molecule has 146 valence electrons. The molecule has 0 radical (unpaired) electrons. The van der Waals surface area contributed by atoms with Crippen LogP contribution in [0.1, 0.15) is 24.4 Å². The van der Waals surface area contributed by atoms with Crippen LogP contribution in [0.25, 0.3) is 11.2 Å². The van der Waals surface area contributed by atoms with Crippen molar-refractivity contribution in [2.75, 3.05) is 18.0 Å².